The quantitative estimate of drug-likeness (QED) is 0.478. The standard InChI is InChI=1S/C14H6F7NO2/c15-8-7(13(23)24)12(11(18)10(17)9(8)16)22-6-3-1-2-5(4-6)14(19,20)21/h1-4,22H,(H,23,24). The molecular formula is C14H6F7NO2. The predicted molar refractivity (Wildman–Crippen MR) is 68.0 cm³/mol. The molecule has 2 aromatic rings. The zero-order valence-electron chi connectivity index (χ0n) is 11.3. The Morgan fingerprint density at radius 2 is 1.54 bits per heavy atom. The Kier molecular flexibility index (Phi) is 4.41. The van der Waals surface area contributed by atoms with Gasteiger partial charge >= 0.3 is 12.1 Å². The van der Waals surface area contributed by atoms with Gasteiger partial charge in [0.05, 0.1) is 11.3 Å². The minimum Gasteiger partial charge on any atom is -0.478 e. The van der Waals surface area contributed by atoms with Gasteiger partial charge in [-0.2, -0.15) is 13.2 Å². The topological polar surface area (TPSA) is 49.3 Å². The lowest BCUT2D eigenvalue weighted by Gasteiger charge is -2.14. The van der Waals surface area contributed by atoms with Gasteiger partial charge in [0, 0.05) is 5.69 Å². The molecule has 0 unspecified atom stereocenters. The van der Waals surface area contributed by atoms with Gasteiger partial charge in [0.25, 0.3) is 0 Å². The number of alkyl halides is 3. The van der Waals surface area contributed by atoms with Crippen LogP contribution in [-0.4, -0.2) is 11.1 Å². The summed E-state index contributed by atoms with van der Waals surface area (Å²) in [4.78, 5) is 11.0. The Balaban J connectivity index is 2.60. The van der Waals surface area contributed by atoms with Crippen LogP contribution in [0.2, 0.25) is 0 Å². The summed E-state index contributed by atoms with van der Waals surface area (Å²) in [5.41, 5.74) is -4.59. The van der Waals surface area contributed by atoms with Crippen molar-refractivity contribution >= 4 is 17.3 Å². The fraction of sp³-hybridized carbons (Fsp3) is 0.0714. The largest absolute Gasteiger partial charge is 0.478 e. The highest BCUT2D eigenvalue weighted by Crippen LogP contribution is 2.34. The Bertz CT molecular complexity index is 818. The number of rotatable bonds is 3. The predicted octanol–water partition coefficient (Wildman–Crippen LogP) is 4.70. The highest BCUT2D eigenvalue weighted by Gasteiger charge is 2.32. The van der Waals surface area contributed by atoms with Crippen LogP contribution < -0.4 is 5.32 Å². The lowest BCUT2D eigenvalue weighted by molar-refractivity contribution is -0.137. The van der Waals surface area contributed by atoms with Crippen molar-refractivity contribution < 1.29 is 40.6 Å². The van der Waals surface area contributed by atoms with Crippen LogP contribution in [0.15, 0.2) is 24.3 Å². The van der Waals surface area contributed by atoms with E-state index in [1.54, 1.807) is 0 Å². The second-order valence-corrected chi connectivity index (χ2v) is 4.51. The molecule has 0 saturated carbocycles. The SMILES string of the molecule is O=C(O)c1c(F)c(F)c(F)c(F)c1Nc1cccc(C(F)(F)F)c1. The van der Waals surface area contributed by atoms with Crippen molar-refractivity contribution in [1.82, 2.24) is 0 Å². The third kappa shape index (κ3) is 3.12. The van der Waals surface area contributed by atoms with Gasteiger partial charge in [-0.15, -0.1) is 0 Å². The summed E-state index contributed by atoms with van der Waals surface area (Å²) in [7, 11) is 0. The number of carboxylic acid groups (broad SMARTS) is 1. The zero-order valence-corrected chi connectivity index (χ0v) is 11.3. The average Bonchev–Trinajstić information content (AvgIpc) is 2.49. The van der Waals surface area contributed by atoms with Crippen LogP contribution in [0.4, 0.5) is 42.1 Å². The van der Waals surface area contributed by atoms with E-state index in [0.717, 1.165) is 12.1 Å². The summed E-state index contributed by atoms with van der Waals surface area (Å²) in [6, 6.07) is 3.01. The van der Waals surface area contributed by atoms with E-state index >= 15 is 0 Å². The van der Waals surface area contributed by atoms with Crippen LogP contribution in [0.3, 0.4) is 0 Å². The van der Waals surface area contributed by atoms with Gasteiger partial charge in [-0.1, -0.05) is 6.07 Å². The minimum absolute atomic E-state index is 0.463. The molecule has 0 amide bonds. The molecule has 0 aliphatic rings. The third-order valence-corrected chi connectivity index (χ3v) is 2.94. The molecule has 0 spiro atoms. The van der Waals surface area contributed by atoms with Gasteiger partial charge in [-0.25, -0.2) is 22.4 Å². The maximum Gasteiger partial charge on any atom is 0.416 e. The molecule has 0 heterocycles. The number of hydrogen-bond donors (Lipinski definition) is 2. The molecule has 0 atom stereocenters. The monoisotopic (exact) mass is 353 g/mol. The normalized spacial score (nSPS) is 11.5. The number of carboxylic acids is 1. The van der Waals surface area contributed by atoms with Crippen molar-refractivity contribution in [2.24, 2.45) is 0 Å². The first kappa shape index (κ1) is 17.6. The number of hydrogen-bond acceptors (Lipinski definition) is 2. The number of halogens is 7. The Morgan fingerprint density at radius 3 is 2.08 bits per heavy atom. The molecule has 2 aromatic carbocycles. The first-order valence-electron chi connectivity index (χ1n) is 6.07. The van der Waals surface area contributed by atoms with E-state index in [1.807, 2.05) is 5.32 Å². The number of benzene rings is 2. The molecule has 10 heteroatoms. The van der Waals surface area contributed by atoms with Crippen LogP contribution in [-0.2, 0) is 6.18 Å². The van der Waals surface area contributed by atoms with E-state index in [9.17, 15) is 35.5 Å². The summed E-state index contributed by atoms with van der Waals surface area (Å²) >= 11 is 0. The number of aromatic carboxylic acids is 1. The summed E-state index contributed by atoms with van der Waals surface area (Å²) in [6.45, 7) is 0. The van der Waals surface area contributed by atoms with Crippen LogP contribution in [0, 0.1) is 23.3 Å². The first-order valence-corrected chi connectivity index (χ1v) is 6.07. The van der Waals surface area contributed by atoms with Gasteiger partial charge < -0.3 is 10.4 Å². The van der Waals surface area contributed by atoms with Crippen molar-refractivity contribution in [3.8, 4) is 0 Å². The van der Waals surface area contributed by atoms with Crippen molar-refractivity contribution in [3.05, 3.63) is 58.7 Å². The smallest absolute Gasteiger partial charge is 0.416 e. The highest BCUT2D eigenvalue weighted by molar-refractivity contribution is 5.95. The fourth-order valence-electron chi connectivity index (χ4n) is 1.87. The molecular weight excluding hydrogens is 347 g/mol. The Labute approximate surface area is 129 Å². The fourth-order valence-corrected chi connectivity index (χ4v) is 1.87. The molecule has 3 nitrogen and oxygen atoms in total. The zero-order chi connectivity index (χ0) is 18.2. The molecule has 0 aliphatic heterocycles. The van der Waals surface area contributed by atoms with Gasteiger partial charge in [0.15, 0.2) is 23.3 Å². The summed E-state index contributed by atoms with van der Waals surface area (Å²) in [5.74, 6) is -11.1. The van der Waals surface area contributed by atoms with E-state index in [1.165, 1.54) is 0 Å². The van der Waals surface area contributed by atoms with E-state index in [0.29, 0.717) is 12.1 Å². The summed E-state index contributed by atoms with van der Waals surface area (Å²) < 4.78 is 91.5. The molecule has 0 bridgehead atoms. The summed E-state index contributed by atoms with van der Waals surface area (Å²) in [6.07, 6.45) is -4.76. The van der Waals surface area contributed by atoms with E-state index in [4.69, 9.17) is 5.11 Å². The molecule has 0 aliphatic carbocycles. The maximum atomic E-state index is 13.8. The van der Waals surface area contributed by atoms with E-state index in [2.05, 4.69) is 0 Å². The molecule has 2 rings (SSSR count). The Morgan fingerprint density at radius 1 is 0.958 bits per heavy atom. The highest BCUT2D eigenvalue weighted by atomic mass is 19.4. The molecule has 0 saturated heterocycles. The van der Waals surface area contributed by atoms with Crippen molar-refractivity contribution in [1.29, 1.82) is 0 Å². The van der Waals surface area contributed by atoms with E-state index < -0.39 is 57.9 Å². The van der Waals surface area contributed by atoms with E-state index in [-0.39, 0.29) is 0 Å². The summed E-state index contributed by atoms with van der Waals surface area (Å²) in [5, 5.41) is 10.7. The molecule has 2 N–H and O–H groups in total. The van der Waals surface area contributed by atoms with Crippen LogP contribution in [0.5, 0.6) is 0 Å². The minimum atomic E-state index is -4.76. The number of anilines is 2. The third-order valence-electron chi connectivity index (χ3n) is 2.94. The lowest BCUT2D eigenvalue weighted by Crippen LogP contribution is -2.13. The van der Waals surface area contributed by atoms with Crippen molar-refractivity contribution in [2.75, 3.05) is 5.32 Å². The molecule has 0 radical (unpaired) electrons. The molecule has 24 heavy (non-hydrogen) atoms. The van der Waals surface area contributed by atoms with Crippen molar-refractivity contribution in [2.45, 2.75) is 6.18 Å². The lowest BCUT2D eigenvalue weighted by atomic mass is 10.1. The molecule has 0 fully saturated rings. The average molecular weight is 353 g/mol. The second kappa shape index (κ2) is 6.02. The van der Waals surface area contributed by atoms with Gasteiger partial charge in [0.2, 0.25) is 0 Å². The van der Waals surface area contributed by atoms with Gasteiger partial charge in [-0.3, -0.25) is 0 Å². The number of nitrogens with one attached hydrogen (secondary N) is 1. The maximum absolute atomic E-state index is 13.8. The van der Waals surface area contributed by atoms with Crippen molar-refractivity contribution in [3.63, 3.8) is 0 Å². The van der Waals surface area contributed by atoms with Gasteiger partial charge in [-0.05, 0) is 18.2 Å². The Hall–Kier alpha value is -2.78. The van der Waals surface area contributed by atoms with Gasteiger partial charge in [0.1, 0.15) is 5.56 Å². The van der Waals surface area contributed by atoms with Crippen LogP contribution in [0.1, 0.15) is 15.9 Å². The molecule has 0 aromatic heterocycles. The second-order valence-electron chi connectivity index (χ2n) is 4.51. The first-order chi connectivity index (χ1) is 11.0. The molecule has 128 valence electrons. The van der Waals surface area contributed by atoms with Crippen LogP contribution >= 0.6 is 0 Å². The number of carbonyl (C=O) groups is 1. The van der Waals surface area contributed by atoms with Crippen LogP contribution in [0.25, 0.3) is 0 Å².